The van der Waals surface area contributed by atoms with Crippen LogP contribution in [0.25, 0.3) is 0 Å². The lowest BCUT2D eigenvalue weighted by molar-refractivity contribution is -0.144. The second-order valence-corrected chi connectivity index (χ2v) is 5.14. The molecule has 0 aliphatic carbocycles. The summed E-state index contributed by atoms with van der Waals surface area (Å²) >= 11 is 0. The van der Waals surface area contributed by atoms with Gasteiger partial charge in [-0.05, 0) is 45.7 Å². The molecule has 1 heterocycles. The first-order valence-corrected chi connectivity index (χ1v) is 6.87. The van der Waals surface area contributed by atoms with Gasteiger partial charge in [-0.15, -0.1) is 0 Å². The Bertz CT molecular complexity index is 454. The van der Waals surface area contributed by atoms with Crippen LogP contribution in [0.3, 0.4) is 0 Å². The lowest BCUT2D eigenvalue weighted by Gasteiger charge is -2.25. The molecule has 5 heteroatoms. The van der Waals surface area contributed by atoms with Crippen LogP contribution in [-0.4, -0.2) is 32.9 Å². The van der Waals surface area contributed by atoms with E-state index in [0.717, 1.165) is 17.8 Å². The molecule has 0 fully saturated rings. The van der Waals surface area contributed by atoms with Gasteiger partial charge in [-0.1, -0.05) is 13.8 Å². The summed E-state index contributed by atoms with van der Waals surface area (Å²) in [7, 11) is 0. The van der Waals surface area contributed by atoms with E-state index in [4.69, 9.17) is 0 Å². The van der Waals surface area contributed by atoms with E-state index in [0.29, 0.717) is 19.5 Å². The lowest BCUT2D eigenvalue weighted by atomic mass is 9.98. The van der Waals surface area contributed by atoms with Crippen molar-refractivity contribution in [3.05, 3.63) is 17.0 Å². The van der Waals surface area contributed by atoms with Gasteiger partial charge in [-0.2, -0.15) is 5.10 Å². The summed E-state index contributed by atoms with van der Waals surface area (Å²) in [6, 6.07) is 0. The number of nitrogens with zero attached hydrogens (tertiary/aromatic N) is 2. The fraction of sp³-hybridized carbons (Fsp3) is 0.714. The first-order valence-electron chi connectivity index (χ1n) is 6.87. The van der Waals surface area contributed by atoms with Crippen molar-refractivity contribution in [3.63, 3.8) is 0 Å². The van der Waals surface area contributed by atoms with E-state index in [1.54, 1.807) is 6.92 Å². The van der Waals surface area contributed by atoms with E-state index in [-0.39, 0.29) is 0 Å². The first kappa shape index (κ1) is 15.7. The Labute approximate surface area is 115 Å². The number of aliphatic carboxylic acids is 1. The second kappa shape index (κ2) is 6.19. The molecule has 1 unspecified atom stereocenters. The van der Waals surface area contributed by atoms with Crippen molar-refractivity contribution in [3.8, 4) is 0 Å². The summed E-state index contributed by atoms with van der Waals surface area (Å²) in [5.74, 6) is -0.813. The molecule has 0 amide bonds. The number of carbonyl (C=O) groups is 1. The Hall–Kier alpha value is -1.36. The molecule has 108 valence electrons. The predicted molar refractivity (Wildman–Crippen MR) is 75.4 cm³/mol. The number of aromatic nitrogens is 2. The molecule has 1 aromatic heterocycles. The molecule has 0 saturated heterocycles. The van der Waals surface area contributed by atoms with Crippen LogP contribution in [0.4, 0.5) is 0 Å². The number of likely N-dealkylation sites (N-methyl/N-ethyl adjacent to an activating group) is 1. The van der Waals surface area contributed by atoms with Gasteiger partial charge in [0, 0.05) is 12.2 Å². The molecule has 0 aliphatic rings. The molecular formula is C14H25N3O2. The standard InChI is InChI=1S/C14H25N3O2/c1-6-12-10(3)16-17(11(12)4)9-8-14(5,13(18)19)15-7-2/h15H,6-9H2,1-5H3,(H,18,19). The van der Waals surface area contributed by atoms with Crippen molar-refractivity contribution in [2.45, 2.75) is 59.5 Å². The zero-order chi connectivity index (χ0) is 14.6. The van der Waals surface area contributed by atoms with Crippen molar-refractivity contribution < 1.29 is 9.90 Å². The van der Waals surface area contributed by atoms with Crippen LogP contribution < -0.4 is 5.32 Å². The molecule has 1 atom stereocenters. The Morgan fingerprint density at radius 1 is 1.42 bits per heavy atom. The van der Waals surface area contributed by atoms with Crippen molar-refractivity contribution in [2.75, 3.05) is 6.54 Å². The van der Waals surface area contributed by atoms with Crippen LogP contribution in [0.2, 0.25) is 0 Å². The minimum atomic E-state index is -0.895. The molecule has 0 bridgehead atoms. The van der Waals surface area contributed by atoms with Gasteiger partial charge in [0.15, 0.2) is 0 Å². The minimum Gasteiger partial charge on any atom is -0.480 e. The fourth-order valence-corrected chi connectivity index (χ4v) is 2.45. The highest BCUT2D eigenvalue weighted by atomic mass is 16.4. The average molecular weight is 267 g/mol. The minimum absolute atomic E-state index is 0.515. The van der Waals surface area contributed by atoms with Crippen LogP contribution in [0.15, 0.2) is 0 Å². The zero-order valence-electron chi connectivity index (χ0n) is 12.6. The number of carboxylic acids is 1. The van der Waals surface area contributed by atoms with E-state index in [1.807, 2.05) is 25.5 Å². The SMILES string of the molecule is CCNC(C)(CCn1nc(C)c(CC)c1C)C(=O)O. The molecule has 0 aromatic carbocycles. The van der Waals surface area contributed by atoms with Gasteiger partial charge < -0.3 is 10.4 Å². The van der Waals surface area contributed by atoms with Crippen molar-refractivity contribution in [1.82, 2.24) is 15.1 Å². The Balaban J connectivity index is 2.83. The van der Waals surface area contributed by atoms with Crippen molar-refractivity contribution >= 4 is 5.97 Å². The largest absolute Gasteiger partial charge is 0.480 e. The van der Waals surface area contributed by atoms with E-state index < -0.39 is 11.5 Å². The van der Waals surface area contributed by atoms with Crippen LogP contribution in [0.1, 0.15) is 44.1 Å². The number of aryl methyl sites for hydroxylation is 2. The van der Waals surface area contributed by atoms with Crippen LogP contribution >= 0.6 is 0 Å². The van der Waals surface area contributed by atoms with Crippen LogP contribution in [0, 0.1) is 13.8 Å². The third-order valence-corrected chi connectivity index (χ3v) is 3.75. The summed E-state index contributed by atoms with van der Waals surface area (Å²) in [4.78, 5) is 11.4. The monoisotopic (exact) mass is 267 g/mol. The topological polar surface area (TPSA) is 67.2 Å². The molecule has 5 nitrogen and oxygen atoms in total. The smallest absolute Gasteiger partial charge is 0.323 e. The highest BCUT2D eigenvalue weighted by Gasteiger charge is 2.31. The number of carboxylic acid groups (broad SMARTS) is 1. The van der Waals surface area contributed by atoms with Crippen molar-refractivity contribution in [2.24, 2.45) is 0 Å². The summed E-state index contributed by atoms with van der Waals surface area (Å²) < 4.78 is 1.92. The maximum Gasteiger partial charge on any atom is 0.323 e. The van der Waals surface area contributed by atoms with E-state index in [9.17, 15) is 9.90 Å². The van der Waals surface area contributed by atoms with Gasteiger partial charge in [0.05, 0.1) is 5.69 Å². The Kier molecular flexibility index (Phi) is 5.11. The van der Waals surface area contributed by atoms with Gasteiger partial charge in [0.2, 0.25) is 0 Å². The van der Waals surface area contributed by atoms with Gasteiger partial charge >= 0.3 is 5.97 Å². The fourth-order valence-electron chi connectivity index (χ4n) is 2.45. The maximum atomic E-state index is 11.4. The number of nitrogens with one attached hydrogen (secondary N) is 1. The quantitative estimate of drug-likeness (QED) is 0.792. The number of rotatable bonds is 7. The normalized spacial score (nSPS) is 14.4. The molecule has 0 spiro atoms. The molecular weight excluding hydrogens is 242 g/mol. The third-order valence-electron chi connectivity index (χ3n) is 3.75. The summed E-state index contributed by atoms with van der Waals surface area (Å²) in [5, 5.41) is 16.9. The van der Waals surface area contributed by atoms with Gasteiger partial charge in [-0.3, -0.25) is 9.48 Å². The summed E-state index contributed by atoms with van der Waals surface area (Å²) in [6.07, 6.45) is 1.47. The van der Waals surface area contributed by atoms with E-state index >= 15 is 0 Å². The van der Waals surface area contributed by atoms with E-state index in [1.165, 1.54) is 5.56 Å². The van der Waals surface area contributed by atoms with Crippen molar-refractivity contribution in [1.29, 1.82) is 0 Å². The van der Waals surface area contributed by atoms with Gasteiger partial charge in [0.1, 0.15) is 5.54 Å². The molecule has 2 N–H and O–H groups in total. The Morgan fingerprint density at radius 2 is 2.05 bits per heavy atom. The molecule has 1 aromatic rings. The van der Waals surface area contributed by atoms with E-state index in [2.05, 4.69) is 17.3 Å². The first-order chi connectivity index (χ1) is 8.85. The second-order valence-electron chi connectivity index (χ2n) is 5.14. The molecule has 19 heavy (non-hydrogen) atoms. The third kappa shape index (κ3) is 3.35. The average Bonchev–Trinajstić information content (AvgIpc) is 2.61. The molecule has 0 aliphatic heterocycles. The Morgan fingerprint density at radius 3 is 2.47 bits per heavy atom. The van der Waals surface area contributed by atoms with Crippen LogP contribution in [0.5, 0.6) is 0 Å². The highest BCUT2D eigenvalue weighted by Crippen LogP contribution is 2.17. The molecule has 0 radical (unpaired) electrons. The lowest BCUT2D eigenvalue weighted by Crippen LogP contribution is -2.50. The maximum absolute atomic E-state index is 11.4. The highest BCUT2D eigenvalue weighted by molar-refractivity contribution is 5.78. The molecule has 1 rings (SSSR count). The summed E-state index contributed by atoms with van der Waals surface area (Å²) in [6.45, 7) is 11.1. The molecule has 0 saturated carbocycles. The number of hydrogen-bond donors (Lipinski definition) is 2. The van der Waals surface area contributed by atoms with Crippen LogP contribution in [-0.2, 0) is 17.8 Å². The van der Waals surface area contributed by atoms with Gasteiger partial charge in [-0.25, -0.2) is 0 Å². The summed E-state index contributed by atoms with van der Waals surface area (Å²) in [5.41, 5.74) is 2.55. The zero-order valence-corrected chi connectivity index (χ0v) is 12.6. The predicted octanol–water partition coefficient (Wildman–Crippen LogP) is 1.91. The number of hydrogen-bond acceptors (Lipinski definition) is 3. The van der Waals surface area contributed by atoms with Gasteiger partial charge in [0.25, 0.3) is 0 Å².